The van der Waals surface area contributed by atoms with Gasteiger partial charge in [-0.25, -0.2) is 9.13 Å². The molecule has 0 aromatic rings. The number of phosphoric ester groups is 2. The zero-order chi connectivity index (χ0) is 69.7. The third-order valence-corrected chi connectivity index (χ3v) is 19.8. The van der Waals surface area contributed by atoms with Crippen molar-refractivity contribution in [3.8, 4) is 0 Å². The average molecular weight is 1400 g/mol. The lowest BCUT2D eigenvalue weighted by atomic mass is 10.0. The van der Waals surface area contributed by atoms with Gasteiger partial charge in [-0.2, -0.15) is 0 Å². The third kappa shape index (κ3) is 70.3. The van der Waals surface area contributed by atoms with E-state index < -0.39 is 97.5 Å². The van der Waals surface area contributed by atoms with Crippen LogP contribution in [0.4, 0.5) is 0 Å². The van der Waals surface area contributed by atoms with E-state index in [-0.39, 0.29) is 25.7 Å². The number of hydrogen-bond donors (Lipinski definition) is 3. The van der Waals surface area contributed by atoms with Gasteiger partial charge < -0.3 is 33.8 Å². The Bertz CT molecular complexity index is 1810. The first-order valence-electron chi connectivity index (χ1n) is 39.8. The summed E-state index contributed by atoms with van der Waals surface area (Å²) in [5, 5.41) is 10.6. The van der Waals surface area contributed by atoms with Crippen LogP contribution >= 0.6 is 15.6 Å². The highest BCUT2D eigenvalue weighted by atomic mass is 31.2. The van der Waals surface area contributed by atoms with Crippen molar-refractivity contribution in [1.82, 2.24) is 0 Å². The van der Waals surface area contributed by atoms with Crippen LogP contribution in [0.15, 0.2) is 0 Å². The molecule has 3 N–H and O–H groups in total. The molecule has 0 aliphatic rings. The number of hydrogen-bond acceptors (Lipinski definition) is 15. The lowest BCUT2D eigenvalue weighted by Crippen LogP contribution is -2.30. The summed E-state index contributed by atoms with van der Waals surface area (Å²) in [6, 6.07) is 0. The lowest BCUT2D eigenvalue weighted by molar-refractivity contribution is -0.161. The zero-order valence-electron chi connectivity index (χ0n) is 61.6. The molecule has 95 heavy (non-hydrogen) atoms. The molecule has 17 nitrogen and oxygen atoms in total. The Kier molecular flexibility index (Phi) is 69.1. The fourth-order valence-corrected chi connectivity index (χ4v) is 13.3. The van der Waals surface area contributed by atoms with E-state index in [1.165, 1.54) is 238 Å². The van der Waals surface area contributed by atoms with Gasteiger partial charge in [-0.1, -0.05) is 355 Å². The smallest absolute Gasteiger partial charge is 0.462 e. The molecule has 0 fully saturated rings. The summed E-state index contributed by atoms with van der Waals surface area (Å²) in [7, 11) is -9.91. The second-order valence-corrected chi connectivity index (χ2v) is 30.3. The van der Waals surface area contributed by atoms with Crippen molar-refractivity contribution < 1.29 is 80.2 Å². The Morgan fingerprint density at radius 3 is 0.621 bits per heavy atom. The Hall–Kier alpha value is -1.94. The van der Waals surface area contributed by atoms with Crippen LogP contribution in [0, 0.1) is 0 Å². The molecule has 0 heterocycles. The largest absolute Gasteiger partial charge is 0.472 e. The van der Waals surface area contributed by atoms with Crippen LogP contribution in [0.2, 0.25) is 0 Å². The van der Waals surface area contributed by atoms with E-state index in [0.29, 0.717) is 25.7 Å². The monoisotopic (exact) mass is 1400 g/mol. The van der Waals surface area contributed by atoms with E-state index >= 15 is 0 Å². The minimum Gasteiger partial charge on any atom is -0.462 e. The molecule has 0 rings (SSSR count). The van der Waals surface area contributed by atoms with Crippen LogP contribution in [-0.2, 0) is 65.4 Å². The van der Waals surface area contributed by atoms with Gasteiger partial charge in [0.15, 0.2) is 12.2 Å². The highest BCUT2D eigenvalue weighted by Gasteiger charge is 2.30. The molecule has 0 saturated heterocycles. The molecular weight excluding hydrogens is 1250 g/mol. The number of esters is 4. The SMILES string of the molecule is CCCCCCCCCCCCCCCCCCCCC(=O)O[C@H](COC(=O)CCCCCCCCCCCCCCCCC)COP(=O)(O)OC[C@@H](O)COP(=O)(O)OC[C@@H](COC(=O)CCCCCCCCCC)OC(=O)CCCCCCCCCCCCCCCC. The van der Waals surface area contributed by atoms with Gasteiger partial charge in [-0.05, 0) is 25.7 Å². The molecule has 0 amide bonds. The number of ether oxygens (including phenoxy) is 4. The predicted molar refractivity (Wildman–Crippen MR) is 386 cm³/mol. The van der Waals surface area contributed by atoms with E-state index in [0.717, 1.165) is 89.9 Å². The van der Waals surface area contributed by atoms with Gasteiger partial charge in [0.2, 0.25) is 0 Å². The standard InChI is InChI=1S/C76H148O17P2/c1-5-9-13-17-21-25-28-31-34-35-36-38-41-44-47-51-55-59-63-76(81)93-72(67-87-74(79)61-57-53-49-45-42-40-37-32-29-26-22-18-14-10-6-2)69-91-95(84,85)89-65-70(77)64-88-94(82,83)90-68-71(66-86-73(78)60-56-52-48-24-20-16-12-8-4)92-75(80)62-58-54-50-46-43-39-33-30-27-23-19-15-11-7-3/h70-72,77H,5-69H2,1-4H3,(H,82,83)(H,84,85)/t70-,71+,72+/m0/s1. The summed E-state index contributed by atoms with van der Waals surface area (Å²) >= 11 is 0. The molecule has 564 valence electrons. The molecule has 0 radical (unpaired) electrons. The van der Waals surface area contributed by atoms with Crippen molar-refractivity contribution in [2.75, 3.05) is 39.6 Å². The van der Waals surface area contributed by atoms with Gasteiger partial charge in [0.1, 0.15) is 19.3 Å². The van der Waals surface area contributed by atoms with Gasteiger partial charge in [0.05, 0.1) is 26.4 Å². The first kappa shape index (κ1) is 93.1. The quantitative estimate of drug-likeness (QED) is 0.0222. The van der Waals surface area contributed by atoms with Gasteiger partial charge in [-0.15, -0.1) is 0 Å². The van der Waals surface area contributed by atoms with Crippen molar-refractivity contribution >= 4 is 39.5 Å². The Morgan fingerprint density at radius 2 is 0.421 bits per heavy atom. The van der Waals surface area contributed by atoms with Crippen LogP contribution in [0.1, 0.15) is 407 Å². The number of unbranched alkanes of at least 4 members (excludes halogenated alkanes) is 51. The number of aliphatic hydroxyl groups excluding tert-OH is 1. The van der Waals surface area contributed by atoms with Crippen molar-refractivity contribution in [3.05, 3.63) is 0 Å². The van der Waals surface area contributed by atoms with Gasteiger partial charge in [0.25, 0.3) is 0 Å². The number of phosphoric acid groups is 2. The predicted octanol–water partition coefficient (Wildman–Crippen LogP) is 22.6. The summed E-state index contributed by atoms with van der Waals surface area (Å²) < 4.78 is 68.5. The second-order valence-electron chi connectivity index (χ2n) is 27.4. The van der Waals surface area contributed by atoms with Crippen molar-refractivity contribution in [2.24, 2.45) is 0 Å². The fraction of sp³-hybridized carbons (Fsp3) is 0.947. The maximum absolute atomic E-state index is 13.1. The average Bonchev–Trinajstić information content (AvgIpc) is 2.52. The van der Waals surface area contributed by atoms with E-state index in [9.17, 15) is 43.2 Å². The number of aliphatic hydroxyl groups is 1. The molecular formula is C76H148O17P2. The first-order valence-corrected chi connectivity index (χ1v) is 42.8. The lowest BCUT2D eigenvalue weighted by Gasteiger charge is -2.21. The van der Waals surface area contributed by atoms with E-state index in [2.05, 4.69) is 27.7 Å². The van der Waals surface area contributed by atoms with Crippen LogP contribution in [0.5, 0.6) is 0 Å². The topological polar surface area (TPSA) is 237 Å². The molecule has 0 bridgehead atoms. The molecule has 5 atom stereocenters. The zero-order valence-corrected chi connectivity index (χ0v) is 63.4. The van der Waals surface area contributed by atoms with Crippen molar-refractivity contribution in [2.45, 2.75) is 425 Å². The summed E-state index contributed by atoms with van der Waals surface area (Å²) in [6.07, 6.45) is 61.0. The second kappa shape index (κ2) is 70.5. The van der Waals surface area contributed by atoms with Gasteiger partial charge in [-0.3, -0.25) is 37.3 Å². The van der Waals surface area contributed by atoms with Gasteiger partial charge >= 0.3 is 39.5 Å². The van der Waals surface area contributed by atoms with Crippen LogP contribution < -0.4 is 0 Å². The van der Waals surface area contributed by atoms with Gasteiger partial charge in [0, 0.05) is 25.7 Å². The Morgan fingerprint density at radius 1 is 0.253 bits per heavy atom. The normalized spacial score (nSPS) is 13.9. The maximum atomic E-state index is 13.1. The van der Waals surface area contributed by atoms with Crippen LogP contribution in [-0.4, -0.2) is 96.7 Å². The molecule has 0 saturated carbocycles. The van der Waals surface area contributed by atoms with Crippen molar-refractivity contribution in [1.29, 1.82) is 0 Å². The molecule has 2 unspecified atom stereocenters. The molecule has 19 heteroatoms. The number of rotatable bonds is 77. The highest BCUT2D eigenvalue weighted by Crippen LogP contribution is 2.45. The first-order chi connectivity index (χ1) is 46.2. The van der Waals surface area contributed by atoms with Crippen molar-refractivity contribution in [3.63, 3.8) is 0 Å². The maximum Gasteiger partial charge on any atom is 0.472 e. The summed E-state index contributed by atoms with van der Waals surface area (Å²) in [4.78, 5) is 72.7. The molecule has 0 spiro atoms. The summed E-state index contributed by atoms with van der Waals surface area (Å²) in [5.41, 5.74) is 0. The van der Waals surface area contributed by atoms with E-state index in [1.54, 1.807) is 0 Å². The number of carbonyl (C=O) groups excluding carboxylic acids is 4. The molecule has 0 aliphatic carbocycles. The van der Waals surface area contributed by atoms with E-state index in [1.807, 2.05) is 0 Å². The summed E-state index contributed by atoms with van der Waals surface area (Å²) in [5.74, 6) is -2.11. The highest BCUT2D eigenvalue weighted by molar-refractivity contribution is 7.47. The Labute approximate surface area is 581 Å². The number of carbonyl (C=O) groups is 4. The third-order valence-electron chi connectivity index (χ3n) is 17.9. The van der Waals surface area contributed by atoms with Crippen LogP contribution in [0.25, 0.3) is 0 Å². The molecule has 0 aromatic carbocycles. The minimum absolute atomic E-state index is 0.108. The van der Waals surface area contributed by atoms with E-state index in [4.69, 9.17) is 37.0 Å². The Balaban J connectivity index is 5.21. The van der Waals surface area contributed by atoms with Crippen LogP contribution in [0.3, 0.4) is 0 Å². The minimum atomic E-state index is -4.96. The summed E-state index contributed by atoms with van der Waals surface area (Å²) in [6.45, 7) is 4.97. The fourth-order valence-electron chi connectivity index (χ4n) is 11.8. The molecule has 0 aliphatic heterocycles. The molecule has 0 aromatic heterocycles.